The number of benzene rings is 2. The zero-order valence-corrected chi connectivity index (χ0v) is 14.3. The number of rotatable bonds is 5. The van der Waals surface area contributed by atoms with Gasteiger partial charge < -0.3 is 19.9 Å². The van der Waals surface area contributed by atoms with Gasteiger partial charge in [-0.2, -0.15) is 0 Å². The van der Waals surface area contributed by atoms with Gasteiger partial charge in [0.15, 0.2) is 5.11 Å². The number of para-hydroxylation sites is 1. The van der Waals surface area contributed by atoms with Crippen LogP contribution in [0.2, 0.25) is 0 Å². The number of thiocarbonyl (C=S) groups is 1. The summed E-state index contributed by atoms with van der Waals surface area (Å²) in [4.78, 5) is 23.7. The molecule has 0 unspecified atom stereocenters. The van der Waals surface area contributed by atoms with Crippen molar-refractivity contribution in [1.29, 1.82) is 0 Å². The molecule has 3 N–H and O–H groups in total. The van der Waals surface area contributed by atoms with E-state index in [0.29, 0.717) is 11.5 Å². The van der Waals surface area contributed by atoms with Crippen LogP contribution in [0.15, 0.2) is 42.5 Å². The average molecular weight is 360 g/mol. The summed E-state index contributed by atoms with van der Waals surface area (Å²) in [5.74, 6) is -1.00. The average Bonchev–Trinajstić information content (AvgIpc) is 2.60. The van der Waals surface area contributed by atoms with Crippen LogP contribution in [0, 0.1) is 0 Å². The van der Waals surface area contributed by atoms with Gasteiger partial charge in [-0.25, -0.2) is 4.79 Å². The number of amides is 1. The molecule has 0 bridgehead atoms. The summed E-state index contributed by atoms with van der Waals surface area (Å²) in [7, 11) is 2.87. The van der Waals surface area contributed by atoms with Crippen molar-refractivity contribution in [2.75, 3.05) is 19.5 Å². The predicted molar refractivity (Wildman–Crippen MR) is 96.6 cm³/mol. The summed E-state index contributed by atoms with van der Waals surface area (Å²) in [6.07, 6.45) is 0. The fraction of sp³-hybridized carbons (Fsp3) is 0.118. The number of aromatic carboxylic acids is 1. The van der Waals surface area contributed by atoms with Crippen LogP contribution in [-0.4, -0.2) is 36.3 Å². The van der Waals surface area contributed by atoms with Gasteiger partial charge in [-0.1, -0.05) is 18.2 Å². The number of hydrogen-bond donors (Lipinski definition) is 3. The summed E-state index contributed by atoms with van der Waals surface area (Å²) in [5, 5.41) is 14.3. The van der Waals surface area contributed by atoms with Gasteiger partial charge in [0.05, 0.1) is 25.5 Å². The normalized spacial score (nSPS) is 9.84. The Balaban J connectivity index is 2.20. The van der Waals surface area contributed by atoms with E-state index in [1.807, 2.05) is 0 Å². The standard InChI is InChI=1S/C17H16N2O5S/c1-23-12-8-5-9-13(24-2)14(12)15(20)19-17(25)18-11-7-4-3-6-10(11)16(21)22/h3-9H,1-2H3,(H,21,22)(H2,18,19,20,25). The number of methoxy groups -OCH3 is 2. The smallest absolute Gasteiger partial charge is 0.337 e. The predicted octanol–water partition coefficient (Wildman–Crippen LogP) is 2.53. The second-order valence-electron chi connectivity index (χ2n) is 4.80. The van der Waals surface area contributed by atoms with Crippen molar-refractivity contribution < 1.29 is 24.2 Å². The van der Waals surface area contributed by atoms with E-state index in [9.17, 15) is 14.7 Å². The lowest BCUT2D eigenvalue weighted by Crippen LogP contribution is -2.35. The lowest BCUT2D eigenvalue weighted by Gasteiger charge is -2.15. The van der Waals surface area contributed by atoms with Gasteiger partial charge in [0.2, 0.25) is 0 Å². The number of carboxylic acid groups (broad SMARTS) is 1. The Morgan fingerprint density at radius 3 is 2.16 bits per heavy atom. The Hall–Kier alpha value is -3.13. The van der Waals surface area contributed by atoms with E-state index >= 15 is 0 Å². The maximum absolute atomic E-state index is 12.5. The van der Waals surface area contributed by atoms with Crippen LogP contribution in [0.1, 0.15) is 20.7 Å². The van der Waals surface area contributed by atoms with Crippen LogP contribution in [0.5, 0.6) is 11.5 Å². The fourth-order valence-electron chi connectivity index (χ4n) is 2.17. The maximum atomic E-state index is 12.5. The monoisotopic (exact) mass is 360 g/mol. The molecule has 0 aliphatic heterocycles. The molecule has 0 radical (unpaired) electrons. The highest BCUT2D eigenvalue weighted by atomic mass is 32.1. The molecule has 7 nitrogen and oxygen atoms in total. The third-order valence-electron chi connectivity index (χ3n) is 3.29. The Morgan fingerprint density at radius 2 is 1.60 bits per heavy atom. The van der Waals surface area contributed by atoms with Crippen LogP contribution in [-0.2, 0) is 0 Å². The molecule has 1 amide bonds. The largest absolute Gasteiger partial charge is 0.496 e. The number of carbonyl (C=O) groups excluding carboxylic acids is 1. The number of carboxylic acids is 1. The zero-order valence-electron chi connectivity index (χ0n) is 13.5. The molecule has 0 aliphatic rings. The van der Waals surface area contributed by atoms with Crippen molar-refractivity contribution in [3.63, 3.8) is 0 Å². The van der Waals surface area contributed by atoms with Crippen LogP contribution in [0.25, 0.3) is 0 Å². The molecule has 2 aromatic carbocycles. The first-order valence-electron chi connectivity index (χ1n) is 7.13. The maximum Gasteiger partial charge on any atom is 0.337 e. The highest BCUT2D eigenvalue weighted by Gasteiger charge is 2.19. The molecular formula is C17H16N2O5S. The minimum atomic E-state index is -1.11. The first-order chi connectivity index (χ1) is 12.0. The van der Waals surface area contributed by atoms with Gasteiger partial charge in [0.1, 0.15) is 17.1 Å². The van der Waals surface area contributed by atoms with Gasteiger partial charge in [-0.05, 0) is 36.5 Å². The quantitative estimate of drug-likeness (QED) is 0.705. The first kappa shape index (κ1) is 18.2. The van der Waals surface area contributed by atoms with E-state index in [1.165, 1.54) is 20.3 Å². The second kappa shape index (κ2) is 8.11. The van der Waals surface area contributed by atoms with Gasteiger partial charge in [0.25, 0.3) is 5.91 Å². The number of anilines is 1. The molecule has 2 aromatic rings. The number of nitrogens with one attached hydrogen (secondary N) is 2. The van der Waals surface area contributed by atoms with E-state index < -0.39 is 11.9 Å². The third-order valence-corrected chi connectivity index (χ3v) is 3.49. The van der Waals surface area contributed by atoms with Crippen molar-refractivity contribution >= 4 is 34.9 Å². The molecular weight excluding hydrogens is 344 g/mol. The summed E-state index contributed by atoms with van der Waals surface area (Å²) in [6.45, 7) is 0. The zero-order chi connectivity index (χ0) is 18.4. The first-order valence-corrected chi connectivity index (χ1v) is 7.54. The van der Waals surface area contributed by atoms with Crippen LogP contribution in [0.4, 0.5) is 5.69 Å². The molecule has 130 valence electrons. The van der Waals surface area contributed by atoms with E-state index in [1.54, 1.807) is 36.4 Å². The molecule has 0 heterocycles. The topological polar surface area (TPSA) is 96.9 Å². The van der Waals surface area contributed by atoms with Gasteiger partial charge in [-0.3, -0.25) is 10.1 Å². The van der Waals surface area contributed by atoms with Gasteiger partial charge >= 0.3 is 5.97 Å². The van der Waals surface area contributed by atoms with E-state index in [0.717, 1.165) is 0 Å². The Kier molecular flexibility index (Phi) is 5.91. The summed E-state index contributed by atoms with van der Waals surface area (Å²) in [5.41, 5.74) is 0.490. The van der Waals surface area contributed by atoms with E-state index in [-0.39, 0.29) is 21.9 Å². The van der Waals surface area contributed by atoms with Crippen LogP contribution >= 0.6 is 12.2 Å². The fourth-order valence-corrected chi connectivity index (χ4v) is 2.38. The number of ether oxygens (including phenoxy) is 2. The van der Waals surface area contributed by atoms with Gasteiger partial charge in [-0.15, -0.1) is 0 Å². The Bertz CT molecular complexity index is 800. The SMILES string of the molecule is COc1cccc(OC)c1C(=O)NC(=S)Nc1ccccc1C(=O)O. The number of hydrogen-bond acceptors (Lipinski definition) is 5. The highest BCUT2D eigenvalue weighted by Crippen LogP contribution is 2.28. The number of carbonyl (C=O) groups is 2. The van der Waals surface area contributed by atoms with Crippen molar-refractivity contribution in [3.05, 3.63) is 53.6 Å². The Labute approximate surface area is 149 Å². The summed E-state index contributed by atoms with van der Waals surface area (Å²) < 4.78 is 10.4. The van der Waals surface area contributed by atoms with Crippen LogP contribution < -0.4 is 20.1 Å². The molecule has 0 aliphatic carbocycles. The lowest BCUT2D eigenvalue weighted by molar-refractivity contribution is 0.0697. The van der Waals surface area contributed by atoms with E-state index in [2.05, 4.69) is 10.6 Å². The molecule has 8 heteroatoms. The van der Waals surface area contributed by atoms with Crippen molar-refractivity contribution in [2.45, 2.75) is 0 Å². The van der Waals surface area contributed by atoms with Crippen LogP contribution in [0.3, 0.4) is 0 Å². The van der Waals surface area contributed by atoms with Crippen molar-refractivity contribution in [2.24, 2.45) is 0 Å². The molecule has 0 fully saturated rings. The molecule has 0 saturated heterocycles. The lowest BCUT2D eigenvalue weighted by atomic mass is 10.1. The summed E-state index contributed by atoms with van der Waals surface area (Å²) in [6, 6.07) is 11.2. The van der Waals surface area contributed by atoms with E-state index in [4.69, 9.17) is 21.7 Å². The van der Waals surface area contributed by atoms with Gasteiger partial charge in [0, 0.05) is 0 Å². The molecule has 0 atom stereocenters. The molecule has 0 aromatic heterocycles. The van der Waals surface area contributed by atoms with Crippen molar-refractivity contribution in [1.82, 2.24) is 5.32 Å². The second-order valence-corrected chi connectivity index (χ2v) is 5.20. The van der Waals surface area contributed by atoms with Crippen molar-refractivity contribution in [3.8, 4) is 11.5 Å². The Morgan fingerprint density at radius 1 is 1.00 bits per heavy atom. The molecule has 0 spiro atoms. The minimum absolute atomic E-state index is 0.0361. The molecule has 2 rings (SSSR count). The summed E-state index contributed by atoms with van der Waals surface area (Å²) >= 11 is 5.10. The third kappa shape index (κ3) is 4.24. The molecule has 25 heavy (non-hydrogen) atoms. The minimum Gasteiger partial charge on any atom is -0.496 e. The highest BCUT2D eigenvalue weighted by molar-refractivity contribution is 7.80. The molecule has 0 saturated carbocycles.